The first-order valence-corrected chi connectivity index (χ1v) is 8.05. The third kappa shape index (κ3) is 1.09. The Morgan fingerprint density at radius 1 is 1.20 bits per heavy atom. The second-order valence-corrected chi connectivity index (χ2v) is 9.52. The molecular weight excluding hydrogens is 207 g/mol. The van der Waals surface area contributed by atoms with Crippen LogP contribution in [0.1, 0.15) is 6.92 Å². The van der Waals surface area contributed by atoms with Crippen LogP contribution in [0.25, 0.3) is 0 Å². The van der Waals surface area contributed by atoms with E-state index in [9.17, 15) is 0 Å². The third-order valence-corrected chi connectivity index (χ3v) is 8.21. The third-order valence-electron chi connectivity index (χ3n) is 3.52. The minimum atomic E-state index is -2.47. The minimum absolute atomic E-state index is 0.392. The van der Waals surface area contributed by atoms with E-state index >= 15 is 0 Å². The fraction of sp³-hybridized carbons (Fsp3) is 0.333. The van der Waals surface area contributed by atoms with Gasteiger partial charge in [0, 0.05) is 0 Å². The molecule has 0 fully saturated rings. The van der Waals surface area contributed by atoms with Gasteiger partial charge in [0.25, 0.3) is 0 Å². The van der Waals surface area contributed by atoms with Gasteiger partial charge in [0.2, 0.25) is 0 Å². The number of rotatable bonds is 0. The Hall–Kier alpha value is -1.01. The van der Waals surface area contributed by atoms with Gasteiger partial charge in [0.05, 0.1) is 0 Å². The van der Waals surface area contributed by atoms with E-state index in [1.165, 1.54) is 0 Å². The number of hydrogen-bond acceptors (Lipinski definition) is 2. The zero-order valence-electron chi connectivity index (χ0n) is 9.01. The van der Waals surface area contributed by atoms with Crippen molar-refractivity contribution in [3.63, 3.8) is 0 Å². The molecule has 2 aliphatic rings. The van der Waals surface area contributed by atoms with E-state index < -0.39 is 7.06 Å². The first-order chi connectivity index (χ1) is 7.11. The number of fused-ring (bicyclic) bond motifs is 1. The first kappa shape index (κ1) is 9.23. The molecule has 2 aliphatic heterocycles. The Morgan fingerprint density at radius 3 is 2.27 bits per heavy atom. The summed E-state index contributed by atoms with van der Waals surface area (Å²) in [5, 5.41) is 0. The van der Waals surface area contributed by atoms with Crippen molar-refractivity contribution in [1.29, 1.82) is 0 Å². The summed E-state index contributed by atoms with van der Waals surface area (Å²) in [6.07, 6.45) is 5.33. The Balaban J connectivity index is 2.08. The van der Waals surface area contributed by atoms with Gasteiger partial charge in [-0.3, -0.25) is 0 Å². The molecule has 15 heavy (non-hydrogen) atoms. The van der Waals surface area contributed by atoms with Crippen LogP contribution in [0.2, 0.25) is 0 Å². The van der Waals surface area contributed by atoms with Gasteiger partial charge >= 0.3 is 89.4 Å². The van der Waals surface area contributed by atoms with Crippen LogP contribution < -0.4 is 9.05 Å². The maximum absolute atomic E-state index is 6.20. The predicted molar refractivity (Wildman–Crippen MR) is 64.0 cm³/mol. The standard InChI is InChI=1S/C12H15O2P/c1-10-6-5-9-15(10,2)13-11-7-3-4-8-12(11)14-15/h3-8,10H,9H2,1-2H3. The van der Waals surface area contributed by atoms with Crippen LogP contribution in [-0.4, -0.2) is 18.5 Å². The molecule has 3 heteroatoms. The molecule has 0 amide bonds. The first-order valence-electron chi connectivity index (χ1n) is 5.27. The van der Waals surface area contributed by atoms with Gasteiger partial charge in [-0.15, -0.1) is 0 Å². The molecule has 1 spiro atoms. The zero-order valence-corrected chi connectivity index (χ0v) is 9.91. The average Bonchev–Trinajstić information content (AvgIpc) is 2.66. The van der Waals surface area contributed by atoms with Crippen molar-refractivity contribution in [3.05, 3.63) is 36.4 Å². The molecule has 1 unspecified atom stereocenters. The van der Waals surface area contributed by atoms with Crippen LogP contribution in [0.4, 0.5) is 0 Å². The number of hydrogen-bond donors (Lipinski definition) is 0. The van der Waals surface area contributed by atoms with E-state index in [4.69, 9.17) is 9.05 Å². The van der Waals surface area contributed by atoms with Gasteiger partial charge in [-0.25, -0.2) is 0 Å². The summed E-state index contributed by atoms with van der Waals surface area (Å²) in [6, 6.07) is 7.96. The van der Waals surface area contributed by atoms with E-state index in [2.05, 4.69) is 25.7 Å². The van der Waals surface area contributed by atoms with Gasteiger partial charge in [0.15, 0.2) is 0 Å². The van der Waals surface area contributed by atoms with Crippen molar-refractivity contribution in [1.82, 2.24) is 0 Å². The van der Waals surface area contributed by atoms with Crippen molar-refractivity contribution >= 4 is 7.06 Å². The summed E-state index contributed by atoms with van der Waals surface area (Å²) >= 11 is 0. The fourth-order valence-corrected chi connectivity index (χ4v) is 5.68. The average molecular weight is 222 g/mol. The summed E-state index contributed by atoms with van der Waals surface area (Å²) in [6.45, 7) is 4.36. The molecule has 2 heterocycles. The van der Waals surface area contributed by atoms with E-state index in [1.54, 1.807) is 0 Å². The van der Waals surface area contributed by atoms with Crippen LogP contribution in [0.5, 0.6) is 11.5 Å². The molecule has 0 aliphatic carbocycles. The monoisotopic (exact) mass is 222 g/mol. The maximum atomic E-state index is 6.20. The molecule has 3 rings (SSSR count). The van der Waals surface area contributed by atoms with Crippen molar-refractivity contribution in [2.45, 2.75) is 12.6 Å². The molecule has 1 atom stereocenters. The molecule has 1 aromatic carbocycles. The van der Waals surface area contributed by atoms with Crippen molar-refractivity contribution in [3.8, 4) is 11.5 Å². The summed E-state index contributed by atoms with van der Waals surface area (Å²) in [5.74, 6) is 1.82. The van der Waals surface area contributed by atoms with Gasteiger partial charge < -0.3 is 0 Å². The molecule has 0 radical (unpaired) electrons. The van der Waals surface area contributed by atoms with E-state index in [-0.39, 0.29) is 0 Å². The van der Waals surface area contributed by atoms with Gasteiger partial charge in [0.1, 0.15) is 0 Å². The quantitative estimate of drug-likeness (QED) is 0.494. The molecule has 80 valence electrons. The van der Waals surface area contributed by atoms with Crippen molar-refractivity contribution < 1.29 is 9.05 Å². The summed E-state index contributed by atoms with van der Waals surface area (Å²) < 4.78 is 12.4. The normalized spacial score (nSPS) is 31.3. The Kier molecular flexibility index (Phi) is 1.58. The van der Waals surface area contributed by atoms with Crippen LogP contribution in [-0.2, 0) is 0 Å². The molecule has 0 N–H and O–H groups in total. The molecule has 2 nitrogen and oxygen atoms in total. The van der Waals surface area contributed by atoms with E-state index in [0.717, 1.165) is 17.7 Å². The van der Waals surface area contributed by atoms with Crippen molar-refractivity contribution in [2.24, 2.45) is 0 Å². The number of allylic oxidation sites excluding steroid dienone is 2. The second-order valence-electron chi connectivity index (χ2n) is 4.65. The van der Waals surface area contributed by atoms with E-state index in [1.807, 2.05) is 24.3 Å². The number of para-hydroxylation sites is 2. The van der Waals surface area contributed by atoms with Crippen LogP contribution in [0.15, 0.2) is 36.4 Å². The molecule has 0 saturated heterocycles. The molecular formula is C12H15O2P. The second kappa shape index (κ2) is 2.56. The van der Waals surface area contributed by atoms with Gasteiger partial charge in [-0.1, -0.05) is 0 Å². The predicted octanol–water partition coefficient (Wildman–Crippen LogP) is 3.43. The Morgan fingerprint density at radius 2 is 1.80 bits per heavy atom. The molecule has 1 aromatic rings. The Bertz CT molecular complexity index is 428. The van der Waals surface area contributed by atoms with Gasteiger partial charge in [-0.05, 0) is 0 Å². The van der Waals surface area contributed by atoms with Crippen LogP contribution in [0.3, 0.4) is 0 Å². The Labute approximate surface area is 90.0 Å². The summed E-state index contributed by atoms with van der Waals surface area (Å²) in [4.78, 5) is 0. The zero-order chi connectivity index (χ0) is 10.5. The van der Waals surface area contributed by atoms with Gasteiger partial charge in [-0.2, -0.15) is 0 Å². The van der Waals surface area contributed by atoms with Crippen LogP contribution in [0, 0.1) is 0 Å². The molecule has 0 bridgehead atoms. The SMILES string of the molecule is CC1C=CCP12(C)Oc1ccccc1O2. The van der Waals surface area contributed by atoms with E-state index in [0.29, 0.717) is 5.66 Å². The molecule has 0 aromatic heterocycles. The fourth-order valence-electron chi connectivity index (χ4n) is 2.28. The topological polar surface area (TPSA) is 18.5 Å². The molecule has 0 saturated carbocycles. The number of benzene rings is 1. The van der Waals surface area contributed by atoms with Crippen LogP contribution >= 0.6 is 7.06 Å². The summed E-state index contributed by atoms with van der Waals surface area (Å²) in [5.41, 5.74) is 0.392. The summed E-state index contributed by atoms with van der Waals surface area (Å²) in [7, 11) is -2.47. The van der Waals surface area contributed by atoms with Crippen molar-refractivity contribution in [2.75, 3.05) is 12.8 Å².